The first kappa shape index (κ1) is 16.2. The van der Waals surface area contributed by atoms with Crippen LogP contribution >= 0.6 is 0 Å². The van der Waals surface area contributed by atoms with Crippen molar-refractivity contribution in [2.45, 2.75) is 25.6 Å². The highest BCUT2D eigenvalue weighted by atomic mass is 19.4. The first-order valence-electron chi connectivity index (χ1n) is 7.39. The molecule has 126 valence electrons. The van der Waals surface area contributed by atoms with Crippen molar-refractivity contribution in [2.24, 2.45) is 0 Å². The standard InChI is InChI=1S/C16H15F3N4O/c1-10-2-4-11(5-3-10)23-9-7-12(14(23)24)21-15-20-8-6-13(22-15)16(17,18)19/h2-6,8,12H,7,9H2,1H3,(H,20,21,22). The van der Waals surface area contributed by atoms with E-state index in [2.05, 4.69) is 15.3 Å². The molecule has 0 radical (unpaired) electrons. The molecule has 2 aromatic rings. The third kappa shape index (κ3) is 3.32. The van der Waals surface area contributed by atoms with Crippen LogP contribution in [0.3, 0.4) is 0 Å². The van der Waals surface area contributed by atoms with Crippen LogP contribution in [0.25, 0.3) is 0 Å². The molecule has 0 saturated carbocycles. The summed E-state index contributed by atoms with van der Waals surface area (Å²) in [6.45, 7) is 2.43. The third-order valence-corrected chi connectivity index (χ3v) is 3.80. The highest BCUT2D eigenvalue weighted by molar-refractivity contribution is 6.00. The highest BCUT2D eigenvalue weighted by Gasteiger charge is 2.35. The zero-order chi connectivity index (χ0) is 17.3. The Labute approximate surface area is 136 Å². The summed E-state index contributed by atoms with van der Waals surface area (Å²) in [6.07, 6.45) is -3.06. The molecule has 0 aliphatic carbocycles. The van der Waals surface area contributed by atoms with Crippen LogP contribution in [0.2, 0.25) is 0 Å². The van der Waals surface area contributed by atoms with Crippen molar-refractivity contribution in [3.8, 4) is 0 Å². The molecule has 24 heavy (non-hydrogen) atoms. The maximum atomic E-state index is 12.7. The van der Waals surface area contributed by atoms with Crippen molar-refractivity contribution in [3.63, 3.8) is 0 Å². The number of benzene rings is 1. The Hall–Kier alpha value is -2.64. The molecule has 5 nitrogen and oxygen atoms in total. The van der Waals surface area contributed by atoms with Crippen LogP contribution in [-0.4, -0.2) is 28.5 Å². The first-order chi connectivity index (χ1) is 11.3. The molecule has 1 atom stereocenters. The second-order valence-corrected chi connectivity index (χ2v) is 5.57. The van der Waals surface area contributed by atoms with Crippen LogP contribution < -0.4 is 10.2 Å². The summed E-state index contributed by atoms with van der Waals surface area (Å²) in [6, 6.07) is 7.64. The number of aryl methyl sites for hydroxylation is 1. The molecule has 3 rings (SSSR count). The van der Waals surface area contributed by atoms with Gasteiger partial charge in [-0.15, -0.1) is 0 Å². The minimum Gasteiger partial charge on any atom is -0.342 e. The zero-order valence-electron chi connectivity index (χ0n) is 12.8. The predicted molar refractivity (Wildman–Crippen MR) is 82.6 cm³/mol. The minimum absolute atomic E-state index is 0.200. The second kappa shape index (κ2) is 6.10. The number of hydrogen-bond donors (Lipinski definition) is 1. The first-order valence-corrected chi connectivity index (χ1v) is 7.39. The van der Waals surface area contributed by atoms with E-state index in [0.717, 1.165) is 23.5 Å². The Morgan fingerprint density at radius 2 is 1.92 bits per heavy atom. The molecule has 1 aromatic carbocycles. The van der Waals surface area contributed by atoms with Crippen LogP contribution in [0.1, 0.15) is 17.7 Å². The maximum absolute atomic E-state index is 12.7. The van der Waals surface area contributed by atoms with Crippen molar-refractivity contribution in [3.05, 3.63) is 47.8 Å². The van der Waals surface area contributed by atoms with Gasteiger partial charge in [-0.3, -0.25) is 4.79 Å². The van der Waals surface area contributed by atoms with Gasteiger partial charge in [0.2, 0.25) is 11.9 Å². The Morgan fingerprint density at radius 1 is 1.21 bits per heavy atom. The molecular weight excluding hydrogens is 321 g/mol. The molecule has 1 unspecified atom stereocenters. The van der Waals surface area contributed by atoms with E-state index >= 15 is 0 Å². The number of carbonyl (C=O) groups excluding carboxylic acids is 1. The van der Waals surface area contributed by atoms with E-state index in [1.54, 1.807) is 4.90 Å². The van der Waals surface area contributed by atoms with Gasteiger partial charge in [0.25, 0.3) is 0 Å². The largest absolute Gasteiger partial charge is 0.433 e. The summed E-state index contributed by atoms with van der Waals surface area (Å²) >= 11 is 0. The van der Waals surface area contributed by atoms with Crippen molar-refractivity contribution in [1.82, 2.24) is 9.97 Å². The molecule has 1 aliphatic heterocycles. The summed E-state index contributed by atoms with van der Waals surface area (Å²) in [4.78, 5) is 21.3. The van der Waals surface area contributed by atoms with E-state index in [9.17, 15) is 18.0 Å². The fourth-order valence-electron chi connectivity index (χ4n) is 2.54. The number of nitrogens with one attached hydrogen (secondary N) is 1. The van der Waals surface area contributed by atoms with E-state index < -0.39 is 17.9 Å². The van der Waals surface area contributed by atoms with Crippen LogP contribution in [-0.2, 0) is 11.0 Å². The molecule has 0 bridgehead atoms. The fourth-order valence-corrected chi connectivity index (χ4v) is 2.54. The second-order valence-electron chi connectivity index (χ2n) is 5.57. The van der Waals surface area contributed by atoms with Gasteiger partial charge in [0.05, 0.1) is 0 Å². The lowest BCUT2D eigenvalue weighted by Gasteiger charge is -2.17. The van der Waals surface area contributed by atoms with E-state index in [1.807, 2.05) is 31.2 Å². The number of hydrogen-bond acceptors (Lipinski definition) is 4. The van der Waals surface area contributed by atoms with E-state index in [-0.39, 0.29) is 11.9 Å². The van der Waals surface area contributed by atoms with Crippen LogP contribution in [0.5, 0.6) is 0 Å². The van der Waals surface area contributed by atoms with Crippen molar-refractivity contribution < 1.29 is 18.0 Å². The molecular formula is C16H15F3N4O. The van der Waals surface area contributed by atoms with Crippen LogP contribution in [0.4, 0.5) is 24.8 Å². The van der Waals surface area contributed by atoms with Gasteiger partial charge in [0, 0.05) is 18.4 Å². The molecule has 0 spiro atoms. The van der Waals surface area contributed by atoms with Gasteiger partial charge in [-0.25, -0.2) is 9.97 Å². The van der Waals surface area contributed by atoms with Crippen molar-refractivity contribution in [1.29, 1.82) is 0 Å². The normalized spacial score (nSPS) is 18.1. The molecule has 2 heterocycles. The number of rotatable bonds is 3. The zero-order valence-corrected chi connectivity index (χ0v) is 12.8. The lowest BCUT2D eigenvalue weighted by molar-refractivity contribution is -0.141. The van der Waals surface area contributed by atoms with Gasteiger partial charge in [-0.2, -0.15) is 13.2 Å². The summed E-state index contributed by atoms with van der Waals surface area (Å²) in [5.41, 5.74) is 0.804. The highest BCUT2D eigenvalue weighted by Crippen LogP contribution is 2.28. The molecule has 1 N–H and O–H groups in total. The SMILES string of the molecule is Cc1ccc(N2CCC(Nc3nccc(C(F)(F)F)n3)C2=O)cc1. The Morgan fingerprint density at radius 3 is 2.58 bits per heavy atom. The summed E-state index contributed by atoms with van der Waals surface area (Å²) in [5, 5.41) is 2.70. The predicted octanol–water partition coefficient (Wildman–Crippen LogP) is 3.02. The van der Waals surface area contributed by atoms with Gasteiger partial charge in [-0.1, -0.05) is 17.7 Å². The Kier molecular flexibility index (Phi) is 4.13. The van der Waals surface area contributed by atoms with Gasteiger partial charge < -0.3 is 10.2 Å². The lowest BCUT2D eigenvalue weighted by atomic mass is 10.2. The number of nitrogens with zero attached hydrogens (tertiary/aromatic N) is 3. The average molecular weight is 336 g/mol. The molecule has 1 aliphatic rings. The summed E-state index contributed by atoms with van der Waals surface area (Å²) < 4.78 is 38.0. The van der Waals surface area contributed by atoms with Crippen LogP contribution in [0, 0.1) is 6.92 Å². The monoisotopic (exact) mass is 336 g/mol. The van der Waals surface area contributed by atoms with Gasteiger partial charge >= 0.3 is 6.18 Å². The topological polar surface area (TPSA) is 58.1 Å². The van der Waals surface area contributed by atoms with Crippen molar-refractivity contribution in [2.75, 3.05) is 16.8 Å². The average Bonchev–Trinajstić information content (AvgIpc) is 2.89. The minimum atomic E-state index is -4.55. The molecule has 8 heteroatoms. The van der Waals surface area contributed by atoms with E-state index in [4.69, 9.17) is 0 Å². The molecule has 1 fully saturated rings. The number of aromatic nitrogens is 2. The maximum Gasteiger partial charge on any atom is 0.433 e. The quantitative estimate of drug-likeness (QED) is 0.936. The number of carbonyl (C=O) groups is 1. The van der Waals surface area contributed by atoms with Crippen LogP contribution in [0.15, 0.2) is 36.5 Å². The third-order valence-electron chi connectivity index (χ3n) is 3.80. The van der Waals surface area contributed by atoms with Gasteiger partial charge in [-0.05, 0) is 31.5 Å². The van der Waals surface area contributed by atoms with E-state index in [1.165, 1.54) is 0 Å². The summed E-state index contributed by atoms with van der Waals surface area (Å²) in [7, 11) is 0. The number of anilines is 2. The Bertz CT molecular complexity index is 746. The number of alkyl halides is 3. The number of amides is 1. The Balaban J connectivity index is 1.73. The van der Waals surface area contributed by atoms with E-state index in [0.29, 0.717) is 13.0 Å². The molecule has 1 amide bonds. The van der Waals surface area contributed by atoms with Gasteiger partial charge in [0.15, 0.2) is 0 Å². The molecule has 1 saturated heterocycles. The number of halogens is 3. The van der Waals surface area contributed by atoms with Gasteiger partial charge in [0.1, 0.15) is 11.7 Å². The fraction of sp³-hybridized carbons (Fsp3) is 0.312. The van der Waals surface area contributed by atoms with Crippen molar-refractivity contribution >= 4 is 17.5 Å². The lowest BCUT2D eigenvalue weighted by Crippen LogP contribution is -2.34. The molecule has 1 aromatic heterocycles. The smallest absolute Gasteiger partial charge is 0.342 e. The summed E-state index contributed by atoms with van der Waals surface area (Å²) in [5.74, 6) is -0.409.